The van der Waals surface area contributed by atoms with Crippen LogP contribution < -0.4 is 0 Å². The molecule has 0 saturated heterocycles. The summed E-state index contributed by atoms with van der Waals surface area (Å²) < 4.78 is 1.40. The van der Waals surface area contributed by atoms with Crippen molar-refractivity contribution in [1.29, 1.82) is 0 Å². The number of aromatic nitrogens is 4. The second-order valence-corrected chi connectivity index (χ2v) is 2.53. The van der Waals surface area contributed by atoms with E-state index in [-0.39, 0.29) is 5.69 Å². The van der Waals surface area contributed by atoms with Crippen LogP contribution in [0.3, 0.4) is 0 Å². The number of carboxylic acids is 1. The first-order chi connectivity index (χ1) is 6.77. The van der Waals surface area contributed by atoms with Crippen molar-refractivity contribution in [2.24, 2.45) is 0 Å². The summed E-state index contributed by atoms with van der Waals surface area (Å²) in [5.41, 5.74) is -0.0157. The fraction of sp³-hybridized carbons (Fsp3) is 0. The molecule has 70 valence electrons. The Morgan fingerprint density at radius 1 is 1.43 bits per heavy atom. The van der Waals surface area contributed by atoms with Gasteiger partial charge in [0.25, 0.3) is 0 Å². The molecule has 0 radical (unpaired) electrons. The fourth-order valence-electron chi connectivity index (χ4n) is 1.00. The molecule has 0 fully saturated rings. The monoisotopic (exact) mass is 190 g/mol. The first kappa shape index (κ1) is 8.36. The third-order valence-corrected chi connectivity index (χ3v) is 1.61. The Bertz CT molecular complexity index is 452. The largest absolute Gasteiger partial charge is 0.477 e. The highest BCUT2D eigenvalue weighted by atomic mass is 16.4. The Morgan fingerprint density at radius 2 is 2.29 bits per heavy atom. The lowest BCUT2D eigenvalue weighted by molar-refractivity contribution is 0.0690. The number of pyridine rings is 1. The number of rotatable bonds is 2. The second-order valence-electron chi connectivity index (χ2n) is 2.53. The molecule has 0 atom stereocenters. The van der Waals surface area contributed by atoms with Crippen molar-refractivity contribution in [3.8, 4) is 5.82 Å². The molecule has 0 aromatic carbocycles. The Labute approximate surface area is 78.8 Å². The number of carboxylic acid groups (broad SMARTS) is 1. The summed E-state index contributed by atoms with van der Waals surface area (Å²) in [5.74, 6) is -0.630. The van der Waals surface area contributed by atoms with E-state index in [0.717, 1.165) is 0 Å². The van der Waals surface area contributed by atoms with Crippen molar-refractivity contribution in [1.82, 2.24) is 20.0 Å². The zero-order chi connectivity index (χ0) is 9.97. The minimum absolute atomic E-state index is 0.0157. The molecule has 1 N–H and O–H groups in total. The zero-order valence-corrected chi connectivity index (χ0v) is 7.03. The van der Waals surface area contributed by atoms with Crippen LogP contribution in [-0.2, 0) is 0 Å². The molecule has 0 unspecified atom stereocenters. The van der Waals surface area contributed by atoms with E-state index in [1.165, 1.54) is 16.9 Å². The molecule has 0 amide bonds. The van der Waals surface area contributed by atoms with Crippen molar-refractivity contribution in [2.45, 2.75) is 0 Å². The summed E-state index contributed by atoms with van der Waals surface area (Å²) in [6, 6.07) is 4.68. The molecule has 0 aliphatic heterocycles. The van der Waals surface area contributed by atoms with Gasteiger partial charge in [-0.05, 0) is 12.1 Å². The molecule has 14 heavy (non-hydrogen) atoms. The van der Waals surface area contributed by atoms with Gasteiger partial charge in [0.15, 0.2) is 11.5 Å². The van der Waals surface area contributed by atoms with Gasteiger partial charge in [0.2, 0.25) is 0 Å². The van der Waals surface area contributed by atoms with Crippen molar-refractivity contribution in [2.75, 3.05) is 0 Å². The second kappa shape index (κ2) is 3.25. The summed E-state index contributed by atoms with van der Waals surface area (Å²) in [4.78, 5) is 14.5. The molecule has 0 aliphatic rings. The van der Waals surface area contributed by atoms with Gasteiger partial charge in [-0.3, -0.25) is 0 Å². The van der Waals surface area contributed by atoms with Gasteiger partial charge in [-0.25, -0.2) is 14.5 Å². The van der Waals surface area contributed by atoms with Gasteiger partial charge >= 0.3 is 5.97 Å². The van der Waals surface area contributed by atoms with E-state index in [1.54, 1.807) is 18.3 Å². The third-order valence-electron chi connectivity index (χ3n) is 1.61. The van der Waals surface area contributed by atoms with E-state index in [4.69, 9.17) is 5.11 Å². The maximum absolute atomic E-state index is 10.6. The smallest absolute Gasteiger partial charge is 0.354 e. The van der Waals surface area contributed by atoms with E-state index in [2.05, 4.69) is 15.3 Å². The maximum Gasteiger partial charge on any atom is 0.354 e. The number of hydrogen-bond acceptors (Lipinski definition) is 4. The van der Waals surface area contributed by atoms with Crippen LogP contribution in [0.2, 0.25) is 0 Å². The van der Waals surface area contributed by atoms with Gasteiger partial charge in [-0.15, -0.1) is 5.10 Å². The van der Waals surface area contributed by atoms with E-state index in [0.29, 0.717) is 5.82 Å². The Morgan fingerprint density at radius 3 is 2.93 bits per heavy atom. The summed E-state index contributed by atoms with van der Waals surface area (Å²) >= 11 is 0. The fourth-order valence-corrected chi connectivity index (χ4v) is 1.00. The van der Waals surface area contributed by atoms with Gasteiger partial charge in [0.1, 0.15) is 0 Å². The normalized spacial score (nSPS) is 10.0. The number of hydrogen-bond donors (Lipinski definition) is 1. The molecule has 0 saturated carbocycles. The minimum atomic E-state index is -1.06. The molecular weight excluding hydrogens is 184 g/mol. The minimum Gasteiger partial charge on any atom is -0.477 e. The average molecular weight is 190 g/mol. The Hall–Kier alpha value is -2.24. The third kappa shape index (κ3) is 1.45. The van der Waals surface area contributed by atoms with E-state index < -0.39 is 5.97 Å². The molecule has 2 rings (SSSR count). The Balaban J connectivity index is 2.46. The first-order valence-corrected chi connectivity index (χ1v) is 3.84. The predicted octanol–water partition coefficient (Wildman–Crippen LogP) is 0.360. The quantitative estimate of drug-likeness (QED) is 0.739. The van der Waals surface area contributed by atoms with Gasteiger partial charge in [-0.1, -0.05) is 11.3 Å². The summed E-state index contributed by atoms with van der Waals surface area (Å²) in [7, 11) is 0. The summed E-state index contributed by atoms with van der Waals surface area (Å²) in [5, 5.41) is 16.0. The highest BCUT2D eigenvalue weighted by Gasteiger charge is 2.05. The average Bonchev–Trinajstić information content (AvgIpc) is 2.71. The SMILES string of the molecule is O=C(O)c1cccc(-n2ccnn2)n1. The molecule has 0 aliphatic carbocycles. The Kier molecular flexibility index (Phi) is 1.94. The molecule has 6 heteroatoms. The van der Waals surface area contributed by atoms with Gasteiger partial charge in [0, 0.05) is 0 Å². The lowest BCUT2D eigenvalue weighted by Crippen LogP contribution is -2.05. The molecule has 2 heterocycles. The van der Waals surface area contributed by atoms with Gasteiger partial charge in [0.05, 0.1) is 12.4 Å². The molecule has 0 bridgehead atoms. The number of carbonyl (C=O) groups is 1. The highest BCUT2D eigenvalue weighted by molar-refractivity contribution is 5.85. The van der Waals surface area contributed by atoms with Crippen molar-refractivity contribution >= 4 is 5.97 Å². The van der Waals surface area contributed by atoms with E-state index in [1.807, 2.05) is 0 Å². The number of aromatic carboxylic acids is 1. The highest BCUT2D eigenvalue weighted by Crippen LogP contribution is 2.03. The molecular formula is C8H6N4O2. The summed E-state index contributed by atoms with van der Waals surface area (Å²) in [6.45, 7) is 0. The van der Waals surface area contributed by atoms with Gasteiger partial charge < -0.3 is 5.11 Å². The predicted molar refractivity (Wildman–Crippen MR) is 46.1 cm³/mol. The van der Waals surface area contributed by atoms with Crippen LogP contribution >= 0.6 is 0 Å². The summed E-state index contributed by atoms with van der Waals surface area (Å²) in [6.07, 6.45) is 3.09. The lowest BCUT2D eigenvalue weighted by Gasteiger charge is -1.99. The molecule has 6 nitrogen and oxygen atoms in total. The standard InChI is InChI=1S/C8H6N4O2/c13-8(14)6-2-1-3-7(10-6)12-5-4-9-11-12/h1-5H,(H,13,14). The van der Waals surface area contributed by atoms with Crippen LogP contribution in [0.1, 0.15) is 10.5 Å². The topological polar surface area (TPSA) is 80.9 Å². The molecule has 2 aromatic heterocycles. The molecule has 2 aromatic rings. The van der Waals surface area contributed by atoms with Crippen molar-refractivity contribution in [3.05, 3.63) is 36.3 Å². The van der Waals surface area contributed by atoms with E-state index in [9.17, 15) is 4.79 Å². The van der Waals surface area contributed by atoms with Crippen LogP contribution in [0.4, 0.5) is 0 Å². The zero-order valence-electron chi connectivity index (χ0n) is 7.03. The molecule has 0 spiro atoms. The lowest BCUT2D eigenvalue weighted by atomic mass is 10.3. The van der Waals surface area contributed by atoms with Crippen LogP contribution in [0.15, 0.2) is 30.6 Å². The maximum atomic E-state index is 10.6. The van der Waals surface area contributed by atoms with Crippen LogP contribution in [0.25, 0.3) is 5.82 Å². The van der Waals surface area contributed by atoms with Gasteiger partial charge in [-0.2, -0.15) is 0 Å². The number of nitrogens with zero attached hydrogens (tertiary/aromatic N) is 4. The van der Waals surface area contributed by atoms with Crippen molar-refractivity contribution < 1.29 is 9.90 Å². The van der Waals surface area contributed by atoms with Crippen LogP contribution in [-0.4, -0.2) is 31.1 Å². The van der Waals surface area contributed by atoms with Crippen molar-refractivity contribution in [3.63, 3.8) is 0 Å². The van der Waals surface area contributed by atoms with Crippen LogP contribution in [0.5, 0.6) is 0 Å². The first-order valence-electron chi connectivity index (χ1n) is 3.84. The van der Waals surface area contributed by atoms with E-state index >= 15 is 0 Å². The van der Waals surface area contributed by atoms with Crippen LogP contribution in [0, 0.1) is 0 Å².